The number of ketones is 1. The molecule has 4 heteroatoms. The SMILES string of the molecule is O=C1c2ccccc2C(C2=COCCO2)C1Br. The molecular formula is C13H11BrO3. The summed E-state index contributed by atoms with van der Waals surface area (Å²) < 4.78 is 10.9. The lowest BCUT2D eigenvalue weighted by atomic mass is 9.99. The van der Waals surface area contributed by atoms with Crippen LogP contribution in [0.5, 0.6) is 0 Å². The van der Waals surface area contributed by atoms with Crippen molar-refractivity contribution in [1.82, 2.24) is 0 Å². The van der Waals surface area contributed by atoms with Gasteiger partial charge < -0.3 is 9.47 Å². The Morgan fingerprint density at radius 3 is 2.82 bits per heavy atom. The zero-order valence-corrected chi connectivity index (χ0v) is 10.6. The van der Waals surface area contributed by atoms with Crippen molar-refractivity contribution < 1.29 is 14.3 Å². The molecule has 17 heavy (non-hydrogen) atoms. The summed E-state index contributed by atoms with van der Waals surface area (Å²) in [6, 6.07) is 7.65. The number of fused-ring (bicyclic) bond motifs is 1. The fourth-order valence-electron chi connectivity index (χ4n) is 2.29. The summed E-state index contributed by atoms with van der Waals surface area (Å²) in [5.74, 6) is 0.774. The summed E-state index contributed by atoms with van der Waals surface area (Å²) in [7, 11) is 0. The van der Waals surface area contributed by atoms with Gasteiger partial charge in [0, 0.05) is 5.56 Å². The van der Waals surface area contributed by atoms with Gasteiger partial charge in [0.25, 0.3) is 0 Å². The molecule has 2 unspecified atom stereocenters. The molecule has 88 valence electrons. The van der Waals surface area contributed by atoms with E-state index in [-0.39, 0.29) is 16.5 Å². The molecule has 1 aliphatic heterocycles. The summed E-state index contributed by atoms with van der Waals surface area (Å²) in [6.07, 6.45) is 1.62. The van der Waals surface area contributed by atoms with Crippen LogP contribution in [0.3, 0.4) is 0 Å². The summed E-state index contributed by atoms with van der Waals surface area (Å²) in [5.41, 5.74) is 1.78. The van der Waals surface area contributed by atoms with Crippen molar-refractivity contribution in [2.45, 2.75) is 10.7 Å². The lowest BCUT2D eigenvalue weighted by Crippen LogP contribution is -2.20. The molecule has 2 aliphatic rings. The number of alkyl halides is 1. The maximum atomic E-state index is 12.1. The quantitative estimate of drug-likeness (QED) is 0.747. The van der Waals surface area contributed by atoms with Crippen molar-refractivity contribution in [3.8, 4) is 0 Å². The first-order valence-electron chi connectivity index (χ1n) is 5.50. The fraction of sp³-hybridized carbons (Fsp3) is 0.308. The molecule has 1 aromatic carbocycles. The zero-order valence-electron chi connectivity index (χ0n) is 9.06. The summed E-state index contributed by atoms with van der Waals surface area (Å²) in [4.78, 5) is 11.8. The molecule has 0 aromatic heterocycles. The van der Waals surface area contributed by atoms with Gasteiger partial charge in [0.1, 0.15) is 25.2 Å². The van der Waals surface area contributed by atoms with Crippen LogP contribution >= 0.6 is 15.9 Å². The van der Waals surface area contributed by atoms with Gasteiger partial charge in [0.05, 0.1) is 10.7 Å². The zero-order chi connectivity index (χ0) is 11.8. The maximum absolute atomic E-state index is 12.1. The Balaban J connectivity index is 2.06. The number of benzene rings is 1. The van der Waals surface area contributed by atoms with Crippen molar-refractivity contribution in [1.29, 1.82) is 0 Å². The third-order valence-corrected chi connectivity index (χ3v) is 4.02. The van der Waals surface area contributed by atoms with E-state index in [1.165, 1.54) is 0 Å². The smallest absolute Gasteiger partial charge is 0.177 e. The van der Waals surface area contributed by atoms with Crippen LogP contribution < -0.4 is 0 Å². The minimum Gasteiger partial charge on any atom is -0.494 e. The van der Waals surface area contributed by atoms with Gasteiger partial charge in [0.2, 0.25) is 0 Å². The monoisotopic (exact) mass is 294 g/mol. The second-order valence-corrected chi connectivity index (χ2v) is 5.06. The second-order valence-electron chi connectivity index (χ2n) is 4.07. The molecule has 0 saturated carbocycles. The highest BCUT2D eigenvalue weighted by molar-refractivity contribution is 9.10. The molecule has 3 rings (SSSR count). The third-order valence-electron chi connectivity index (χ3n) is 3.08. The van der Waals surface area contributed by atoms with Gasteiger partial charge in [-0.2, -0.15) is 0 Å². The number of carbonyl (C=O) groups is 1. The Morgan fingerprint density at radius 1 is 1.24 bits per heavy atom. The van der Waals surface area contributed by atoms with E-state index in [0.29, 0.717) is 13.2 Å². The first-order chi connectivity index (χ1) is 8.29. The molecule has 0 saturated heterocycles. The molecule has 3 nitrogen and oxygen atoms in total. The highest BCUT2D eigenvalue weighted by atomic mass is 79.9. The number of hydrogen-bond donors (Lipinski definition) is 0. The highest BCUT2D eigenvalue weighted by Crippen LogP contribution is 2.42. The number of rotatable bonds is 1. The normalized spacial score (nSPS) is 26.9. The van der Waals surface area contributed by atoms with E-state index < -0.39 is 0 Å². The number of allylic oxidation sites excluding steroid dienone is 1. The summed E-state index contributed by atoms with van der Waals surface area (Å²) in [6.45, 7) is 1.11. The van der Waals surface area contributed by atoms with Crippen molar-refractivity contribution in [2.24, 2.45) is 0 Å². The summed E-state index contributed by atoms with van der Waals surface area (Å²) >= 11 is 3.46. The van der Waals surface area contributed by atoms with E-state index in [9.17, 15) is 4.79 Å². The average molecular weight is 295 g/mol. The number of hydrogen-bond acceptors (Lipinski definition) is 3. The van der Waals surface area contributed by atoms with Crippen LogP contribution in [0.25, 0.3) is 0 Å². The molecule has 0 amide bonds. The van der Waals surface area contributed by atoms with Crippen LogP contribution in [0.1, 0.15) is 21.8 Å². The van der Waals surface area contributed by atoms with E-state index in [4.69, 9.17) is 9.47 Å². The molecule has 0 radical (unpaired) electrons. The van der Waals surface area contributed by atoms with E-state index >= 15 is 0 Å². The van der Waals surface area contributed by atoms with Crippen LogP contribution in [0.4, 0.5) is 0 Å². The molecule has 0 spiro atoms. The van der Waals surface area contributed by atoms with Crippen molar-refractivity contribution in [2.75, 3.05) is 13.2 Å². The largest absolute Gasteiger partial charge is 0.494 e. The minimum atomic E-state index is -0.257. The Hall–Kier alpha value is -1.29. The van der Waals surface area contributed by atoms with Gasteiger partial charge >= 0.3 is 0 Å². The fourth-order valence-corrected chi connectivity index (χ4v) is 3.09. The topological polar surface area (TPSA) is 35.5 Å². The van der Waals surface area contributed by atoms with Crippen LogP contribution in [0.2, 0.25) is 0 Å². The standard InChI is InChI=1S/C13H11BrO3/c14-12-11(10-7-16-5-6-17-10)8-3-1-2-4-9(8)13(12)15/h1-4,7,11-12H,5-6H2. The molecule has 1 aliphatic carbocycles. The Bertz CT molecular complexity index is 495. The molecule has 1 aromatic rings. The predicted molar refractivity (Wildman–Crippen MR) is 66.2 cm³/mol. The molecule has 0 fully saturated rings. The first-order valence-corrected chi connectivity index (χ1v) is 6.42. The average Bonchev–Trinajstić information content (AvgIpc) is 2.64. The van der Waals surface area contributed by atoms with Crippen LogP contribution in [0, 0.1) is 0 Å². The van der Waals surface area contributed by atoms with E-state index in [1.807, 2.05) is 24.3 Å². The van der Waals surface area contributed by atoms with Crippen molar-refractivity contribution in [3.63, 3.8) is 0 Å². The number of carbonyl (C=O) groups excluding carboxylic acids is 1. The van der Waals surface area contributed by atoms with Crippen LogP contribution in [-0.2, 0) is 9.47 Å². The first kappa shape index (κ1) is 10.8. The number of Topliss-reactive ketones (excluding diaryl/α,β-unsaturated/α-hetero) is 1. The number of ether oxygens (including phenoxy) is 2. The van der Waals surface area contributed by atoms with Gasteiger partial charge in [-0.15, -0.1) is 0 Å². The highest BCUT2D eigenvalue weighted by Gasteiger charge is 2.41. The molecule has 1 heterocycles. The second kappa shape index (κ2) is 4.18. The third kappa shape index (κ3) is 1.67. The van der Waals surface area contributed by atoms with Gasteiger partial charge in [-0.1, -0.05) is 40.2 Å². The molecular weight excluding hydrogens is 284 g/mol. The van der Waals surface area contributed by atoms with Gasteiger partial charge in [-0.05, 0) is 5.56 Å². The van der Waals surface area contributed by atoms with Gasteiger partial charge in [-0.3, -0.25) is 4.79 Å². The Labute approximate surface area is 108 Å². The van der Waals surface area contributed by atoms with Gasteiger partial charge in [0.15, 0.2) is 5.78 Å². The van der Waals surface area contributed by atoms with Crippen molar-refractivity contribution in [3.05, 3.63) is 47.4 Å². The van der Waals surface area contributed by atoms with Crippen molar-refractivity contribution >= 4 is 21.7 Å². The molecule has 2 atom stereocenters. The van der Waals surface area contributed by atoms with Gasteiger partial charge in [-0.25, -0.2) is 0 Å². The lowest BCUT2D eigenvalue weighted by Gasteiger charge is -2.22. The van der Waals surface area contributed by atoms with E-state index in [2.05, 4.69) is 15.9 Å². The van der Waals surface area contributed by atoms with E-state index in [1.54, 1.807) is 6.26 Å². The Kier molecular flexibility index (Phi) is 2.67. The molecule has 0 bridgehead atoms. The van der Waals surface area contributed by atoms with Crippen LogP contribution in [0.15, 0.2) is 36.3 Å². The number of halogens is 1. The minimum absolute atomic E-state index is 0.0704. The van der Waals surface area contributed by atoms with E-state index in [0.717, 1.165) is 16.9 Å². The molecule has 0 N–H and O–H groups in total. The lowest BCUT2D eigenvalue weighted by molar-refractivity contribution is 0.0735. The van der Waals surface area contributed by atoms with Crippen LogP contribution in [-0.4, -0.2) is 23.8 Å². The predicted octanol–water partition coefficient (Wildman–Crippen LogP) is 2.62. The summed E-state index contributed by atoms with van der Waals surface area (Å²) in [5, 5.41) is 0. The Morgan fingerprint density at radius 2 is 2.06 bits per heavy atom. The maximum Gasteiger partial charge on any atom is 0.177 e.